The van der Waals surface area contributed by atoms with Crippen LogP contribution in [0.2, 0.25) is 0 Å². The third-order valence-corrected chi connectivity index (χ3v) is 6.70. The van der Waals surface area contributed by atoms with Gasteiger partial charge >= 0.3 is 5.97 Å². The van der Waals surface area contributed by atoms with Crippen LogP contribution in [-0.4, -0.2) is 49.0 Å². The van der Waals surface area contributed by atoms with Crippen molar-refractivity contribution in [1.29, 1.82) is 0 Å². The summed E-state index contributed by atoms with van der Waals surface area (Å²) >= 11 is 0. The van der Waals surface area contributed by atoms with Crippen LogP contribution in [0.15, 0.2) is 42.6 Å². The number of benzene rings is 1. The molecule has 6 atom stereocenters. The van der Waals surface area contributed by atoms with Gasteiger partial charge in [0.15, 0.2) is 12.6 Å². The number of carbonyl (C=O) groups excluding carboxylic acids is 1. The average molecular weight is 412 g/mol. The van der Waals surface area contributed by atoms with Crippen molar-refractivity contribution in [2.24, 2.45) is 11.8 Å². The SMILES string of the molecule is C=C1[C@@H]2O[C@@H](OC)C3[C@H]1C[C@H](NCCc1c[nH]c4ccccc14)C[C@]3(OC(C)=O)O2. The molecule has 7 nitrogen and oxygen atoms in total. The van der Waals surface area contributed by atoms with E-state index in [1.807, 2.05) is 6.07 Å². The lowest BCUT2D eigenvalue weighted by atomic mass is 9.66. The number of ether oxygens (including phenoxy) is 4. The Labute approximate surface area is 175 Å². The summed E-state index contributed by atoms with van der Waals surface area (Å²) in [5.41, 5.74) is 3.34. The smallest absolute Gasteiger partial charge is 0.305 e. The molecule has 4 heterocycles. The fraction of sp³-hybridized carbons (Fsp3) is 0.522. The molecule has 1 saturated carbocycles. The quantitative estimate of drug-likeness (QED) is 0.561. The summed E-state index contributed by atoms with van der Waals surface area (Å²) in [6.45, 7) is 6.45. The number of carbonyl (C=O) groups is 1. The first-order valence-corrected chi connectivity index (χ1v) is 10.5. The Morgan fingerprint density at radius 2 is 2.23 bits per heavy atom. The minimum Gasteiger partial charge on any atom is -0.433 e. The first-order chi connectivity index (χ1) is 14.5. The summed E-state index contributed by atoms with van der Waals surface area (Å²) in [6.07, 6.45) is 3.37. The maximum absolute atomic E-state index is 11.9. The Balaban J connectivity index is 1.31. The van der Waals surface area contributed by atoms with Crippen LogP contribution in [0, 0.1) is 11.8 Å². The highest BCUT2D eigenvalue weighted by Crippen LogP contribution is 2.56. The number of aromatic amines is 1. The summed E-state index contributed by atoms with van der Waals surface area (Å²) in [4.78, 5) is 15.3. The lowest BCUT2D eigenvalue weighted by molar-refractivity contribution is -0.439. The summed E-state index contributed by atoms with van der Waals surface area (Å²) in [5.74, 6) is -1.50. The normalized spacial score (nSPS) is 35.0. The molecule has 0 spiro atoms. The standard InChI is InChI=1S/C23H28N2O5/c1-13-18-10-16(24-9-8-15-12-25-19-7-5-4-6-17(15)19)11-23(29-14(2)26)20(18)22(27-3)28-21(13)30-23/h4-7,12,16,18,20-22,24-25H,1,8-11H2,2-3H3/t16-,18-,20?,21+,22+,23-/m0/s1. The monoisotopic (exact) mass is 412 g/mol. The molecular weight excluding hydrogens is 384 g/mol. The Hall–Kier alpha value is -2.19. The van der Waals surface area contributed by atoms with Crippen LogP contribution in [-0.2, 0) is 30.2 Å². The minimum atomic E-state index is -1.04. The Morgan fingerprint density at radius 3 is 3.03 bits per heavy atom. The molecule has 1 aliphatic carbocycles. The lowest BCUT2D eigenvalue weighted by Crippen LogP contribution is -2.70. The zero-order valence-corrected chi connectivity index (χ0v) is 17.4. The van der Waals surface area contributed by atoms with Crippen LogP contribution in [0.5, 0.6) is 0 Å². The molecule has 3 aliphatic heterocycles. The van der Waals surface area contributed by atoms with Crippen LogP contribution < -0.4 is 5.32 Å². The van der Waals surface area contributed by atoms with E-state index in [1.54, 1.807) is 7.11 Å². The Morgan fingerprint density at radius 1 is 1.40 bits per heavy atom. The molecule has 4 fully saturated rings. The summed E-state index contributed by atoms with van der Waals surface area (Å²) in [5, 5.41) is 4.91. The van der Waals surface area contributed by atoms with Gasteiger partial charge in [0.1, 0.15) is 0 Å². The fourth-order valence-electron chi connectivity index (χ4n) is 5.47. The number of para-hydroxylation sites is 1. The molecule has 1 aromatic carbocycles. The molecule has 2 N–H and O–H groups in total. The first-order valence-electron chi connectivity index (χ1n) is 10.5. The largest absolute Gasteiger partial charge is 0.433 e. The van der Waals surface area contributed by atoms with E-state index < -0.39 is 18.4 Å². The summed E-state index contributed by atoms with van der Waals surface area (Å²) in [6, 6.07) is 8.47. The van der Waals surface area contributed by atoms with Gasteiger partial charge in [0.2, 0.25) is 5.79 Å². The van der Waals surface area contributed by atoms with Gasteiger partial charge < -0.3 is 29.2 Å². The van der Waals surface area contributed by atoms with Gasteiger partial charge in [-0.25, -0.2) is 0 Å². The number of hydrogen-bond donors (Lipinski definition) is 2. The van der Waals surface area contributed by atoms with Crippen LogP contribution in [0.1, 0.15) is 25.3 Å². The Kier molecular flexibility index (Phi) is 4.94. The molecule has 4 bridgehead atoms. The predicted molar refractivity (Wildman–Crippen MR) is 110 cm³/mol. The van der Waals surface area contributed by atoms with E-state index in [-0.39, 0.29) is 23.8 Å². The van der Waals surface area contributed by atoms with Crippen LogP contribution in [0.25, 0.3) is 10.9 Å². The van der Waals surface area contributed by atoms with E-state index in [2.05, 4.69) is 41.3 Å². The third-order valence-electron chi connectivity index (χ3n) is 6.70. The molecule has 0 amide bonds. The summed E-state index contributed by atoms with van der Waals surface area (Å²) < 4.78 is 23.3. The van der Waals surface area contributed by atoms with Gasteiger partial charge in [-0.2, -0.15) is 0 Å². The van der Waals surface area contributed by atoms with Crippen molar-refractivity contribution < 1.29 is 23.7 Å². The lowest BCUT2D eigenvalue weighted by Gasteiger charge is -2.60. The maximum Gasteiger partial charge on any atom is 0.305 e. The molecule has 7 heteroatoms. The molecule has 2 aromatic rings. The van der Waals surface area contributed by atoms with Gasteiger partial charge in [0.25, 0.3) is 0 Å². The zero-order chi connectivity index (χ0) is 20.9. The molecular formula is C23H28N2O5. The van der Waals surface area contributed by atoms with Crippen molar-refractivity contribution in [2.75, 3.05) is 13.7 Å². The second kappa shape index (κ2) is 7.50. The maximum atomic E-state index is 11.9. The highest BCUT2D eigenvalue weighted by molar-refractivity contribution is 5.83. The van der Waals surface area contributed by atoms with Gasteiger partial charge in [-0.05, 0) is 42.5 Å². The molecule has 1 aromatic heterocycles. The second-order valence-electron chi connectivity index (χ2n) is 8.50. The molecule has 0 radical (unpaired) electrons. The molecule has 160 valence electrons. The van der Waals surface area contributed by atoms with Crippen molar-refractivity contribution in [3.05, 3.63) is 48.2 Å². The first kappa shape index (κ1) is 19.8. The molecule has 4 aliphatic rings. The minimum absolute atomic E-state index is 0.112. The zero-order valence-electron chi connectivity index (χ0n) is 17.4. The van der Waals surface area contributed by atoms with Gasteiger partial charge in [-0.3, -0.25) is 4.79 Å². The number of methoxy groups -OCH3 is 1. The van der Waals surface area contributed by atoms with Gasteiger partial charge in [0.05, 0.1) is 5.92 Å². The van der Waals surface area contributed by atoms with Gasteiger partial charge in [0, 0.05) is 43.6 Å². The van der Waals surface area contributed by atoms with E-state index in [0.29, 0.717) is 6.42 Å². The number of H-pyrrole nitrogens is 1. The second-order valence-corrected chi connectivity index (χ2v) is 8.50. The summed E-state index contributed by atoms with van der Waals surface area (Å²) in [7, 11) is 1.61. The van der Waals surface area contributed by atoms with E-state index >= 15 is 0 Å². The topological polar surface area (TPSA) is 81.8 Å². The van der Waals surface area contributed by atoms with Gasteiger partial charge in [-0.15, -0.1) is 0 Å². The van der Waals surface area contributed by atoms with Crippen LogP contribution in [0.3, 0.4) is 0 Å². The molecule has 30 heavy (non-hydrogen) atoms. The van der Waals surface area contributed by atoms with Gasteiger partial charge in [-0.1, -0.05) is 24.8 Å². The van der Waals surface area contributed by atoms with Crippen molar-refractivity contribution in [3.63, 3.8) is 0 Å². The van der Waals surface area contributed by atoms with E-state index in [1.165, 1.54) is 17.9 Å². The van der Waals surface area contributed by atoms with Crippen LogP contribution >= 0.6 is 0 Å². The third kappa shape index (κ3) is 3.17. The average Bonchev–Trinajstić information content (AvgIpc) is 3.13. The number of esters is 1. The highest BCUT2D eigenvalue weighted by atomic mass is 16.8. The fourth-order valence-corrected chi connectivity index (χ4v) is 5.47. The van der Waals surface area contributed by atoms with E-state index in [4.69, 9.17) is 18.9 Å². The van der Waals surface area contributed by atoms with Crippen molar-refractivity contribution in [3.8, 4) is 0 Å². The number of aromatic nitrogens is 1. The highest BCUT2D eigenvalue weighted by Gasteiger charge is 2.65. The number of nitrogens with one attached hydrogen (secondary N) is 2. The van der Waals surface area contributed by atoms with E-state index in [9.17, 15) is 4.79 Å². The number of fused-ring (bicyclic) bond motifs is 2. The Bertz CT molecular complexity index is 971. The van der Waals surface area contributed by atoms with E-state index in [0.717, 1.165) is 30.5 Å². The van der Waals surface area contributed by atoms with Crippen molar-refractivity contribution in [1.82, 2.24) is 10.3 Å². The molecule has 3 saturated heterocycles. The van der Waals surface area contributed by atoms with Crippen molar-refractivity contribution in [2.45, 2.75) is 50.6 Å². The van der Waals surface area contributed by atoms with Crippen LogP contribution in [0.4, 0.5) is 0 Å². The van der Waals surface area contributed by atoms with Crippen molar-refractivity contribution >= 4 is 16.9 Å². The molecule has 1 unspecified atom stereocenters. The number of rotatable bonds is 6. The molecule has 6 rings (SSSR count). The predicted octanol–water partition coefficient (Wildman–Crippen LogP) is 2.87. The number of hydrogen-bond acceptors (Lipinski definition) is 6.